The van der Waals surface area contributed by atoms with Crippen molar-refractivity contribution in [3.63, 3.8) is 0 Å². The zero-order valence-corrected chi connectivity index (χ0v) is 23.4. The first-order chi connectivity index (χ1) is 19.1. The number of carbonyl (C=O) groups is 2. The van der Waals surface area contributed by atoms with Crippen molar-refractivity contribution in [3.8, 4) is 5.75 Å². The lowest BCUT2D eigenvalue weighted by Gasteiger charge is -2.45. The van der Waals surface area contributed by atoms with E-state index in [1.165, 1.54) is 10.6 Å². The Morgan fingerprint density at radius 1 is 1.05 bits per heavy atom. The second-order valence-electron chi connectivity index (χ2n) is 10.7. The fourth-order valence-electron chi connectivity index (χ4n) is 5.50. The Morgan fingerprint density at radius 2 is 1.62 bits per heavy atom. The van der Waals surface area contributed by atoms with Crippen molar-refractivity contribution in [1.29, 1.82) is 0 Å². The molecule has 1 aliphatic heterocycles. The highest BCUT2D eigenvalue weighted by molar-refractivity contribution is 6.03. The first kappa shape index (κ1) is 28.8. The van der Waals surface area contributed by atoms with E-state index in [4.69, 9.17) is 9.47 Å². The average molecular weight is 545 g/mol. The van der Waals surface area contributed by atoms with Crippen molar-refractivity contribution in [2.75, 3.05) is 7.05 Å². The number of aromatic carboxylic acids is 1. The number of hydrogen-bond acceptors (Lipinski definition) is 5. The van der Waals surface area contributed by atoms with Crippen LogP contribution in [0, 0.1) is 5.41 Å². The first-order valence-electron chi connectivity index (χ1n) is 13.4. The molecule has 2 heterocycles. The Balaban J connectivity index is 1.86. The maximum Gasteiger partial charge on any atom is 0.340 e. The normalized spacial score (nSPS) is 18.4. The maximum absolute atomic E-state index is 14.0. The molecule has 0 radical (unpaired) electrons. The van der Waals surface area contributed by atoms with Crippen molar-refractivity contribution in [1.82, 2.24) is 9.47 Å². The Morgan fingerprint density at radius 3 is 2.15 bits per heavy atom. The van der Waals surface area contributed by atoms with Gasteiger partial charge in [-0.05, 0) is 17.5 Å². The Hall–Kier alpha value is -4.17. The Bertz CT molecular complexity index is 1450. The Kier molecular flexibility index (Phi) is 8.59. The lowest BCUT2D eigenvalue weighted by molar-refractivity contribution is -0.0867. The second kappa shape index (κ2) is 11.9. The molecule has 0 spiro atoms. The molecule has 0 bridgehead atoms. The lowest BCUT2D eigenvalue weighted by Crippen LogP contribution is -2.56. The molecular weight excluding hydrogens is 508 g/mol. The number of rotatable bonds is 9. The van der Waals surface area contributed by atoms with E-state index in [0.29, 0.717) is 13.0 Å². The monoisotopic (exact) mass is 544 g/mol. The number of hydrogen-bond donors (Lipinski definition) is 1. The van der Waals surface area contributed by atoms with Gasteiger partial charge in [0.05, 0.1) is 18.8 Å². The lowest BCUT2D eigenvalue weighted by atomic mass is 9.79. The highest BCUT2D eigenvalue weighted by Crippen LogP contribution is 2.36. The van der Waals surface area contributed by atoms with Gasteiger partial charge in [-0.2, -0.15) is 0 Å². The number of carboxylic acids is 1. The number of nitrogens with zero attached hydrogens (tertiary/aromatic N) is 2. The summed E-state index contributed by atoms with van der Waals surface area (Å²) in [5.74, 6) is -2.17. The topological polar surface area (TPSA) is 98.1 Å². The molecule has 8 heteroatoms. The second-order valence-corrected chi connectivity index (χ2v) is 10.7. The summed E-state index contributed by atoms with van der Waals surface area (Å²) in [7, 11) is 1.67. The molecule has 0 saturated carbocycles. The Labute approximate surface area is 234 Å². The molecular formula is C32H36N2O6. The van der Waals surface area contributed by atoms with Crippen molar-refractivity contribution in [2.45, 2.75) is 59.1 Å². The molecule has 0 fully saturated rings. The SMILES string of the molecule is C=Cc1c(C(=O)O)c(OCc2ccccc2)c(=O)n2c1C(=O)N(C)C(CC)C(OCc1ccccc1)C(C)(C)C2. The fraction of sp³-hybridized carbons (Fsp3) is 0.344. The van der Waals surface area contributed by atoms with E-state index in [9.17, 15) is 19.5 Å². The van der Waals surface area contributed by atoms with Gasteiger partial charge in [0, 0.05) is 24.6 Å². The molecule has 3 aromatic rings. The molecule has 1 amide bonds. The van der Waals surface area contributed by atoms with Crippen LogP contribution in [0.4, 0.5) is 0 Å². The van der Waals surface area contributed by atoms with E-state index in [1.807, 2.05) is 81.4 Å². The van der Waals surface area contributed by atoms with Crippen LogP contribution < -0.4 is 10.3 Å². The van der Waals surface area contributed by atoms with Gasteiger partial charge in [-0.3, -0.25) is 14.2 Å². The van der Waals surface area contributed by atoms with Gasteiger partial charge in [-0.15, -0.1) is 0 Å². The van der Waals surface area contributed by atoms with Crippen molar-refractivity contribution < 1.29 is 24.2 Å². The highest BCUT2D eigenvalue weighted by atomic mass is 16.5. The molecule has 0 saturated heterocycles. The molecule has 1 N–H and O–H groups in total. The summed E-state index contributed by atoms with van der Waals surface area (Å²) in [6.45, 7) is 10.2. The van der Waals surface area contributed by atoms with Gasteiger partial charge < -0.3 is 19.5 Å². The minimum absolute atomic E-state index is 0.00967. The summed E-state index contributed by atoms with van der Waals surface area (Å²) < 4.78 is 13.7. The average Bonchev–Trinajstić information content (AvgIpc) is 2.94. The van der Waals surface area contributed by atoms with Gasteiger partial charge in [0.25, 0.3) is 11.5 Å². The van der Waals surface area contributed by atoms with Crippen LogP contribution in [0.5, 0.6) is 5.75 Å². The van der Waals surface area contributed by atoms with Gasteiger partial charge in [0.1, 0.15) is 17.9 Å². The quantitative estimate of drug-likeness (QED) is 0.396. The van der Waals surface area contributed by atoms with Crippen LogP contribution in [0.25, 0.3) is 6.08 Å². The maximum atomic E-state index is 14.0. The molecule has 1 aromatic heterocycles. The number of fused-ring (bicyclic) bond motifs is 1. The summed E-state index contributed by atoms with van der Waals surface area (Å²) in [6, 6.07) is 18.6. The van der Waals surface area contributed by atoms with Crippen molar-refractivity contribution in [3.05, 3.63) is 106 Å². The minimum Gasteiger partial charge on any atom is -0.482 e. The van der Waals surface area contributed by atoms with E-state index < -0.39 is 29.0 Å². The van der Waals surface area contributed by atoms with Crippen molar-refractivity contribution in [2.24, 2.45) is 5.41 Å². The summed E-state index contributed by atoms with van der Waals surface area (Å²) in [5, 5.41) is 10.2. The summed E-state index contributed by atoms with van der Waals surface area (Å²) >= 11 is 0. The first-order valence-corrected chi connectivity index (χ1v) is 13.4. The van der Waals surface area contributed by atoms with Crippen LogP contribution in [-0.4, -0.2) is 45.6 Å². The molecule has 2 atom stereocenters. The number of carbonyl (C=O) groups excluding carboxylic acids is 1. The molecule has 4 rings (SSSR count). The fourth-order valence-corrected chi connectivity index (χ4v) is 5.50. The number of likely N-dealkylation sites (N-methyl/N-ethyl adjacent to an activating group) is 1. The molecule has 210 valence electrons. The van der Waals surface area contributed by atoms with Crippen molar-refractivity contribution >= 4 is 18.0 Å². The summed E-state index contributed by atoms with van der Waals surface area (Å²) in [6.07, 6.45) is 1.49. The van der Waals surface area contributed by atoms with Crippen LogP contribution in [-0.2, 0) is 24.5 Å². The van der Waals surface area contributed by atoms with Gasteiger partial charge in [-0.25, -0.2) is 4.79 Å². The highest BCUT2D eigenvalue weighted by Gasteiger charge is 2.44. The molecule has 1 aliphatic rings. The van der Waals surface area contributed by atoms with E-state index in [1.54, 1.807) is 11.9 Å². The number of aromatic nitrogens is 1. The predicted molar refractivity (Wildman–Crippen MR) is 153 cm³/mol. The molecule has 0 aliphatic carbocycles. The third-order valence-corrected chi connectivity index (χ3v) is 7.50. The molecule has 2 aromatic carbocycles. The van der Waals surface area contributed by atoms with Gasteiger partial charge in [0.2, 0.25) is 0 Å². The third-order valence-electron chi connectivity index (χ3n) is 7.50. The van der Waals surface area contributed by atoms with Gasteiger partial charge in [0.15, 0.2) is 5.75 Å². The predicted octanol–water partition coefficient (Wildman–Crippen LogP) is 5.24. The largest absolute Gasteiger partial charge is 0.482 e. The smallest absolute Gasteiger partial charge is 0.340 e. The minimum atomic E-state index is -1.37. The zero-order chi connectivity index (χ0) is 29.0. The molecule has 2 unspecified atom stereocenters. The summed E-state index contributed by atoms with van der Waals surface area (Å²) in [5.41, 5.74) is 0.127. The number of ether oxygens (including phenoxy) is 2. The molecule has 8 nitrogen and oxygen atoms in total. The third kappa shape index (κ3) is 5.58. The van der Waals surface area contributed by atoms with E-state index in [-0.39, 0.29) is 41.8 Å². The van der Waals surface area contributed by atoms with Crippen LogP contribution >= 0.6 is 0 Å². The van der Waals surface area contributed by atoms with E-state index >= 15 is 0 Å². The standard InChI is InChI=1S/C32H36N2O6/c1-6-23-25(31(37)38)27(39-18-21-14-10-8-11-15-21)30(36)34-20-32(3,4)28(40-19-22-16-12-9-13-17-22)24(7-2)33(5)29(35)26(23)34/h6,8-17,24,28H,1,7,18-20H2,2-5H3,(H,37,38). The van der Waals surface area contributed by atoms with Crippen LogP contribution in [0.2, 0.25) is 0 Å². The van der Waals surface area contributed by atoms with E-state index in [2.05, 4.69) is 6.58 Å². The number of carboxylic acid groups (broad SMARTS) is 1. The summed E-state index contributed by atoms with van der Waals surface area (Å²) in [4.78, 5) is 42.1. The molecule has 40 heavy (non-hydrogen) atoms. The van der Waals surface area contributed by atoms with Crippen LogP contribution in [0.1, 0.15) is 64.7 Å². The number of amides is 1. The van der Waals surface area contributed by atoms with Gasteiger partial charge in [-0.1, -0.05) is 94.1 Å². The number of pyridine rings is 1. The van der Waals surface area contributed by atoms with Crippen LogP contribution in [0.3, 0.4) is 0 Å². The van der Waals surface area contributed by atoms with Crippen LogP contribution in [0.15, 0.2) is 72.0 Å². The number of benzene rings is 2. The zero-order valence-electron chi connectivity index (χ0n) is 23.4. The van der Waals surface area contributed by atoms with Gasteiger partial charge >= 0.3 is 5.97 Å². The van der Waals surface area contributed by atoms with E-state index in [0.717, 1.165) is 11.1 Å².